The smallest absolute Gasteiger partial charge is 0.265 e. The zero-order valence-electron chi connectivity index (χ0n) is 13.2. The molecule has 0 spiro atoms. The Hall–Kier alpha value is -2.66. The van der Waals surface area contributed by atoms with Crippen molar-refractivity contribution in [2.75, 3.05) is 17.2 Å². The van der Waals surface area contributed by atoms with Crippen molar-refractivity contribution in [1.29, 1.82) is 0 Å². The lowest BCUT2D eigenvalue weighted by molar-refractivity contribution is 0.103. The number of rotatable bonds is 7. The topological polar surface area (TPSA) is 54.0 Å². The van der Waals surface area contributed by atoms with Crippen LogP contribution in [-0.2, 0) is 6.42 Å². The van der Waals surface area contributed by atoms with Crippen LogP contribution in [0.15, 0.2) is 66.2 Å². The van der Waals surface area contributed by atoms with Crippen LogP contribution in [0.5, 0.6) is 0 Å². The second-order valence-corrected chi connectivity index (χ2v) is 6.33. The van der Waals surface area contributed by atoms with Crippen molar-refractivity contribution < 1.29 is 4.79 Å². The van der Waals surface area contributed by atoms with Crippen LogP contribution in [-0.4, -0.2) is 17.4 Å². The van der Waals surface area contributed by atoms with Gasteiger partial charge in [0.1, 0.15) is 5.82 Å². The number of aryl methyl sites for hydroxylation is 1. The normalized spacial score (nSPS) is 10.3. The van der Waals surface area contributed by atoms with Crippen LogP contribution in [0.1, 0.15) is 21.7 Å². The van der Waals surface area contributed by atoms with E-state index in [1.54, 1.807) is 12.3 Å². The third kappa shape index (κ3) is 4.67. The molecule has 0 saturated heterocycles. The number of thiophene rings is 1. The van der Waals surface area contributed by atoms with E-state index in [9.17, 15) is 4.79 Å². The summed E-state index contributed by atoms with van der Waals surface area (Å²) < 4.78 is 0. The average molecular weight is 337 g/mol. The maximum atomic E-state index is 12.0. The molecular formula is C19H19N3OS. The molecule has 0 aliphatic rings. The molecule has 0 bridgehead atoms. The molecule has 0 unspecified atom stereocenters. The largest absolute Gasteiger partial charge is 0.370 e. The van der Waals surface area contributed by atoms with Gasteiger partial charge in [0.15, 0.2) is 0 Å². The molecule has 0 atom stereocenters. The van der Waals surface area contributed by atoms with E-state index in [0.29, 0.717) is 10.6 Å². The molecule has 4 nitrogen and oxygen atoms in total. The Morgan fingerprint density at radius 2 is 1.92 bits per heavy atom. The van der Waals surface area contributed by atoms with Gasteiger partial charge in [-0.1, -0.05) is 36.4 Å². The van der Waals surface area contributed by atoms with E-state index in [0.717, 1.165) is 25.2 Å². The predicted molar refractivity (Wildman–Crippen MR) is 99.8 cm³/mol. The summed E-state index contributed by atoms with van der Waals surface area (Å²) in [5.74, 6) is 0.715. The zero-order valence-corrected chi connectivity index (χ0v) is 14.1. The Morgan fingerprint density at radius 1 is 1.04 bits per heavy atom. The van der Waals surface area contributed by atoms with E-state index < -0.39 is 0 Å². The zero-order chi connectivity index (χ0) is 16.6. The fourth-order valence-corrected chi connectivity index (χ4v) is 2.95. The molecule has 2 aromatic heterocycles. The van der Waals surface area contributed by atoms with Gasteiger partial charge in [0, 0.05) is 6.54 Å². The molecule has 1 amide bonds. The van der Waals surface area contributed by atoms with E-state index in [4.69, 9.17) is 0 Å². The summed E-state index contributed by atoms with van der Waals surface area (Å²) in [5.41, 5.74) is 2.04. The molecular weight excluding hydrogens is 318 g/mol. The Labute approximate surface area is 145 Å². The van der Waals surface area contributed by atoms with Crippen molar-refractivity contribution in [3.05, 3.63) is 76.6 Å². The van der Waals surface area contributed by atoms with Crippen molar-refractivity contribution in [3.63, 3.8) is 0 Å². The quantitative estimate of drug-likeness (QED) is 0.627. The Bertz CT molecular complexity index is 755. The number of benzene rings is 1. The monoisotopic (exact) mass is 337 g/mol. The molecule has 0 aliphatic heterocycles. The first-order chi connectivity index (χ1) is 11.8. The van der Waals surface area contributed by atoms with E-state index in [1.807, 2.05) is 29.6 Å². The number of hydrogen-bond acceptors (Lipinski definition) is 4. The lowest BCUT2D eigenvalue weighted by Gasteiger charge is -2.07. The van der Waals surface area contributed by atoms with Gasteiger partial charge in [-0.2, -0.15) is 0 Å². The second-order valence-electron chi connectivity index (χ2n) is 5.38. The first kappa shape index (κ1) is 16.2. The second kappa shape index (κ2) is 8.26. The van der Waals surface area contributed by atoms with Gasteiger partial charge in [0.05, 0.1) is 16.8 Å². The number of carbonyl (C=O) groups excluding carboxylic acids is 1. The number of anilines is 2. The predicted octanol–water partition coefficient (Wildman–Crippen LogP) is 4.44. The minimum Gasteiger partial charge on any atom is -0.370 e. The van der Waals surface area contributed by atoms with Crippen LogP contribution < -0.4 is 10.6 Å². The van der Waals surface area contributed by atoms with Crippen LogP contribution in [0.4, 0.5) is 11.5 Å². The number of hydrogen-bond donors (Lipinski definition) is 2. The van der Waals surface area contributed by atoms with Gasteiger partial charge in [0.2, 0.25) is 0 Å². The van der Waals surface area contributed by atoms with Gasteiger partial charge in [0.25, 0.3) is 5.91 Å². The molecule has 3 rings (SSSR count). The summed E-state index contributed by atoms with van der Waals surface area (Å²) in [6.45, 7) is 0.864. The molecule has 0 fully saturated rings. The number of carbonyl (C=O) groups is 1. The van der Waals surface area contributed by atoms with Gasteiger partial charge in [-0.3, -0.25) is 4.79 Å². The molecule has 2 N–H and O–H groups in total. The van der Waals surface area contributed by atoms with E-state index in [1.165, 1.54) is 16.9 Å². The summed E-state index contributed by atoms with van der Waals surface area (Å²) >= 11 is 1.42. The van der Waals surface area contributed by atoms with E-state index in [-0.39, 0.29) is 5.91 Å². The Morgan fingerprint density at radius 3 is 2.62 bits per heavy atom. The lowest BCUT2D eigenvalue weighted by atomic mass is 10.1. The first-order valence-corrected chi connectivity index (χ1v) is 8.78. The number of amides is 1. The standard InChI is InChI=1S/C19H19N3OS/c23-19(17-9-5-13-24-17)22-16-10-11-18(21-14-16)20-12-4-8-15-6-2-1-3-7-15/h1-3,5-7,9-11,13-14H,4,8,12H2,(H,20,21)(H,22,23). The van der Waals surface area contributed by atoms with Gasteiger partial charge in [-0.25, -0.2) is 4.98 Å². The highest BCUT2D eigenvalue weighted by molar-refractivity contribution is 7.12. The third-order valence-corrected chi connectivity index (χ3v) is 4.43. The molecule has 0 aliphatic carbocycles. The fraction of sp³-hybridized carbons (Fsp3) is 0.158. The summed E-state index contributed by atoms with van der Waals surface area (Å²) in [6, 6.07) is 17.8. The summed E-state index contributed by atoms with van der Waals surface area (Å²) in [5, 5.41) is 8.03. The molecule has 122 valence electrons. The molecule has 2 heterocycles. The van der Waals surface area contributed by atoms with Crippen LogP contribution in [0.3, 0.4) is 0 Å². The van der Waals surface area contributed by atoms with Gasteiger partial charge < -0.3 is 10.6 Å². The molecule has 0 saturated carbocycles. The fourth-order valence-electron chi connectivity index (χ4n) is 2.33. The number of pyridine rings is 1. The highest BCUT2D eigenvalue weighted by atomic mass is 32.1. The van der Waals surface area contributed by atoms with Gasteiger partial charge in [-0.05, 0) is 42.0 Å². The van der Waals surface area contributed by atoms with Crippen molar-refractivity contribution in [1.82, 2.24) is 4.98 Å². The van der Waals surface area contributed by atoms with Crippen molar-refractivity contribution in [2.45, 2.75) is 12.8 Å². The number of nitrogens with one attached hydrogen (secondary N) is 2. The van der Waals surface area contributed by atoms with Crippen LogP contribution in [0.2, 0.25) is 0 Å². The summed E-state index contributed by atoms with van der Waals surface area (Å²) in [7, 11) is 0. The minimum absolute atomic E-state index is 0.102. The maximum Gasteiger partial charge on any atom is 0.265 e. The van der Waals surface area contributed by atoms with Crippen molar-refractivity contribution >= 4 is 28.7 Å². The van der Waals surface area contributed by atoms with Gasteiger partial charge >= 0.3 is 0 Å². The molecule has 24 heavy (non-hydrogen) atoms. The Kier molecular flexibility index (Phi) is 5.58. The van der Waals surface area contributed by atoms with Gasteiger partial charge in [-0.15, -0.1) is 11.3 Å². The number of aromatic nitrogens is 1. The van der Waals surface area contributed by atoms with Crippen molar-refractivity contribution in [2.24, 2.45) is 0 Å². The van der Waals surface area contributed by atoms with E-state index >= 15 is 0 Å². The Balaban J connectivity index is 1.44. The van der Waals surface area contributed by atoms with Crippen LogP contribution in [0, 0.1) is 0 Å². The van der Waals surface area contributed by atoms with Crippen molar-refractivity contribution in [3.8, 4) is 0 Å². The highest BCUT2D eigenvalue weighted by Gasteiger charge is 2.06. The SMILES string of the molecule is O=C(Nc1ccc(NCCCc2ccccc2)nc1)c1cccs1. The molecule has 3 aromatic rings. The molecule has 1 aromatic carbocycles. The highest BCUT2D eigenvalue weighted by Crippen LogP contribution is 2.14. The first-order valence-electron chi connectivity index (χ1n) is 7.90. The van der Waals surface area contributed by atoms with Crippen LogP contribution in [0.25, 0.3) is 0 Å². The minimum atomic E-state index is -0.102. The number of nitrogens with zero attached hydrogens (tertiary/aromatic N) is 1. The maximum absolute atomic E-state index is 12.0. The summed E-state index contributed by atoms with van der Waals surface area (Å²) in [6.07, 6.45) is 3.76. The molecule has 0 radical (unpaired) electrons. The summed E-state index contributed by atoms with van der Waals surface area (Å²) in [4.78, 5) is 17.0. The third-order valence-electron chi connectivity index (χ3n) is 3.56. The average Bonchev–Trinajstić information content (AvgIpc) is 3.16. The lowest BCUT2D eigenvalue weighted by Crippen LogP contribution is -2.10. The van der Waals surface area contributed by atoms with E-state index in [2.05, 4.69) is 39.9 Å². The molecule has 5 heteroatoms. The van der Waals surface area contributed by atoms with Crippen LogP contribution >= 0.6 is 11.3 Å².